The Bertz CT molecular complexity index is 550. The van der Waals surface area contributed by atoms with Crippen LogP contribution in [0.25, 0.3) is 10.9 Å². The lowest BCUT2D eigenvalue weighted by atomic mass is 10.2. The Morgan fingerprint density at radius 3 is 2.72 bits per heavy atom. The number of aromatic nitrogens is 1. The molecule has 0 saturated heterocycles. The Balaban J connectivity index is 2.11. The lowest BCUT2D eigenvalue weighted by Gasteiger charge is -2.15. The van der Waals surface area contributed by atoms with E-state index in [1.54, 1.807) is 0 Å². The smallest absolute Gasteiger partial charge is 0.242 e. The average Bonchev–Trinajstić information content (AvgIpc) is 2.72. The highest BCUT2D eigenvalue weighted by Crippen LogP contribution is 2.27. The van der Waals surface area contributed by atoms with Gasteiger partial charge in [-0.05, 0) is 44.4 Å². The number of anilines is 1. The third-order valence-electron chi connectivity index (χ3n) is 2.56. The van der Waals surface area contributed by atoms with Gasteiger partial charge in [-0.15, -0.1) is 0 Å². The van der Waals surface area contributed by atoms with Gasteiger partial charge in [0.25, 0.3) is 0 Å². The van der Waals surface area contributed by atoms with Crippen molar-refractivity contribution < 1.29 is 4.79 Å². The number of nitrogens with zero attached hydrogens (tertiary/aromatic N) is 1. The van der Waals surface area contributed by atoms with Crippen molar-refractivity contribution in [3.05, 3.63) is 24.3 Å². The fourth-order valence-electron chi connectivity index (χ4n) is 1.67. The van der Waals surface area contributed by atoms with Crippen molar-refractivity contribution >= 4 is 33.3 Å². The molecule has 1 unspecified atom stereocenters. The number of rotatable bonds is 4. The summed E-state index contributed by atoms with van der Waals surface area (Å²) in [5, 5.41) is 8.10. The number of nitrogens with one attached hydrogen (secondary N) is 2. The van der Waals surface area contributed by atoms with E-state index in [1.165, 1.54) is 11.5 Å². The maximum absolute atomic E-state index is 11.8. The van der Waals surface area contributed by atoms with Crippen LogP contribution in [0.2, 0.25) is 0 Å². The van der Waals surface area contributed by atoms with E-state index in [4.69, 9.17) is 0 Å². The second-order valence-electron chi connectivity index (χ2n) is 4.56. The molecule has 18 heavy (non-hydrogen) atoms. The van der Waals surface area contributed by atoms with Gasteiger partial charge >= 0.3 is 0 Å². The lowest BCUT2D eigenvalue weighted by molar-refractivity contribution is -0.121. The molecule has 0 bridgehead atoms. The Morgan fingerprint density at radius 2 is 2.00 bits per heavy atom. The Labute approximate surface area is 111 Å². The zero-order valence-electron chi connectivity index (χ0n) is 10.7. The minimum absolute atomic E-state index is 0.00230. The minimum Gasteiger partial charge on any atom is -0.364 e. The van der Waals surface area contributed by atoms with Gasteiger partial charge in [-0.1, -0.05) is 12.1 Å². The van der Waals surface area contributed by atoms with E-state index >= 15 is 0 Å². The summed E-state index contributed by atoms with van der Waals surface area (Å²) in [6.07, 6.45) is 0. The summed E-state index contributed by atoms with van der Waals surface area (Å²) in [6.45, 7) is 5.76. The first kappa shape index (κ1) is 12.8. The fraction of sp³-hybridized carbons (Fsp3) is 0.385. The molecule has 5 heteroatoms. The monoisotopic (exact) mass is 263 g/mol. The molecule has 0 saturated carbocycles. The first-order valence-electron chi connectivity index (χ1n) is 5.99. The van der Waals surface area contributed by atoms with E-state index in [9.17, 15) is 4.79 Å². The summed E-state index contributed by atoms with van der Waals surface area (Å²) in [5.41, 5.74) is 0.960. The van der Waals surface area contributed by atoms with Crippen molar-refractivity contribution in [2.75, 3.05) is 5.32 Å². The molecule has 1 aromatic heterocycles. The van der Waals surface area contributed by atoms with Gasteiger partial charge in [0.2, 0.25) is 5.91 Å². The molecule has 0 aliphatic heterocycles. The number of hydrogen-bond acceptors (Lipinski definition) is 4. The Morgan fingerprint density at radius 1 is 1.28 bits per heavy atom. The van der Waals surface area contributed by atoms with Crippen LogP contribution in [-0.2, 0) is 4.79 Å². The molecule has 4 nitrogen and oxygen atoms in total. The Kier molecular flexibility index (Phi) is 3.81. The van der Waals surface area contributed by atoms with Gasteiger partial charge in [0.15, 0.2) is 0 Å². The molecule has 2 N–H and O–H groups in total. The molecule has 0 aliphatic rings. The molecule has 0 spiro atoms. The van der Waals surface area contributed by atoms with Gasteiger partial charge in [0.05, 0.1) is 5.52 Å². The molecule has 0 fully saturated rings. The fourth-order valence-corrected chi connectivity index (χ4v) is 2.51. The molecular weight excluding hydrogens is 246 g/mol. The van der Waals surface area contributed by atoms with Gasteiger partial charge in [-0.25, -0.2) is 0 Å². The van der Waals surface area contributed by atoms with Crippen LogP contribution in [0.4, 0.5) is 5.00 Å². The normalized spacial score (nSPS) is 12.7. The maximum atomic E-state index is 11.8. The highest BCUT2D eigenvalue weighted by molar-refractivity contribution is 7.11. The van der Waals surface area contributed by atoms with Crippen LogP contribution in [-0.4, -0.2) is 22.4 Å². The molecule has 1 atom stereocenters. The van der Waals surface area contributed by atoms with Crippen molar-refractivity contribution in [3.63, 3.8) is 0 Å². The minimum atomic E-state index is -0.267. The van der Waals surface area contributed by atoms with Crippen LogP contribution in [0.5, 0.6) is 0 Å². The molecule has 1 amide bonds. The molecule has 0 radical (unpaired) electrons. The van der Waals surface area contributed by atoms with Crippen molar-refractivity contribution in [3.8, 4) is 0 Å². The second kappa shape index (κ2) is 5.35. The van der Waals surface area contributed by atoms with Crippen LogP contribution >= 0.6 is 11.5 Å². The number of fused-ring (bicyclic) bond motifs is 1. The van der Waals surface area contributed by atoms with Crippen molar-refractivity contribution in [2.45, 2.75) is 32.9 Å². The first-order valence-corrected chi connectivity index (χ1v) is 6.76. The summed E-state index contributed by atoms with van der Waals surface area (Å²) >= 11 is 1.39. The van der Waals surface area contributed by atoms with Crippen LogP contribution in [0.3, 0.4) is 0 Å². The SMILES string of the molecule is CC(C)NC(=O)C(C)Nc1snc2ccccc12. The largest absolute Gasteiger partial charge is 0.364 e. The summed E-state index contributed by atoms with van der Waals surface area (Å²) < 4.78 is 4.34. The quantitative estimate of drug-likeness (QED) is 0.891. The van der Waals surface area contributed by atoms with Gasteiger partial charge < -0.3 is 10.6 Å². The summed E-state index contributed by atoms with van der Waals surface area (Å²) in [4.78, 5) is 11.8. The number of carbonyl (C=O) groups is 1. The average molecular weight is 263 g/mol. The van der Waals surface area contributed by atoms with Crippen LogP contribution < -0.4 is 10.6 Å². The lowest BCUT2D eigenvalue weighted by Crippen LogP contribution is -2.40. The summed E-state index contributed by atoms with van der Waals surface area (Å²) in [5.74, 6) is 0.00230. The van der Waals surface area contributed by atoms with Crippen molar-refractivity contribution in [2.24, 2.45) is 0 Å². The van der Waals surface area contributed by atoms with E-state index in [0.717, 1.165) is 15.9 Å². The third-order valence-corrected chi connectivity index (χ3v) is 3.36. The van der Waals surface area contributed by atoms with Crippen LogP contribution in [0.15, 0.2) is 24.3 Å². The van der Waals surface area contributed by atoms with Crippen molar-refractivity contribution in [1.82, 2.24) is 9.69 Å². The number of amides is 1. The molecule has 2 aromatic rings. The van der Waals surface area contributed by atoms with E-state index in [1.807, 2.05) is 45.0 Å². The topological polar surface area (TPSA) is 54.0 Å². The van der Waals surface area contributed by atoms with Crippen LogP contribution in [0, 0.1) is 0 Å². The molecule has 96 valence electrons. The van der Waals surface area contributed by atoms with E-state index in [0.29, 0.717) is 0 Å². The zero-order valence-corrected chi connectivity index (χ0v) is 11.5. The first-order chi connectivity index (χ1) is 8.58. The number of carbonyl (C=O) groups excluding carboxylic acids is 1. The van der Waals surface area contributed by atoms with Gasteiger partial charge in [-0.3, -0.25) is 4.79 Å². The van der Waals surface area contributed by atoms with Gasteiger partial charge in [-0.2, -0.15) is 4.37 Å². The maximum Gasteiger partial charge on any atom is 0.242 e. The third kappa shape index (κ3) is 2.79. The highest BCUT2D eigenvalue weighted by Gasteiger charge is 2.15. The van der Waals surface area contributed by atoms with Crippen LogP contribution in [0.1, 0.15) is 20.8 Å². The molecular formula is C13H17N3OS. The van der Waals surface area contributed by atoms with E-state index < -0.39 is 0 Å². The summed E-state index contributed by atoms with van der Waals surface area (Å²) in [6, 6.07) is 7.79. The zero-order chi connectivity index (χ0) is 13.1. The summed E-state index contributed by atoms with van der Waals surface area (Å²) in [7, 11) is 0. The number of benzene rings is 1. The Hall–Kier alpha value is -1.62. The molecule has 1 aromatic carbocycles. The molecule has 0 aliphatic carbocycles. The van der Waals surface area contributed by atoms with Crippen molar-refractivity contribution in [1.29, 1.82) is 0 Å². The second-order valence-corrected chi connectivity index (χ2v) is 5.33. The predicted octanol–water partition coefficient (Wildman–Crippen LogP) is 2.62. The molecule has 2 rings (SSSR count). The molecule has 1 heterocycles. The highest BCUT2D eigenvalue weighted by atomic mass is 32.1. The van der Waals surface area contributed by atoms with Gasteiger partial charge in [0.1, 0.15) is 11.0 Å². The van der Waals surface area contributed by atoms with Gasteiger partial charge in [0, 0.05) is 11.4 Å². The number of hydrogen-bond donors (Lipinski definition) is 2. The van der Waals surface area contributed by atoms with E-state index in [2.05, 4.69) is 15.0 Å². The van der Waals surface area contributed by atoms with E-state index in [-0.39, 0.29) is 18.0 Å². The predicted molar refractivity (Wildman–Crippen MR) is 76.0 cm³/mol. The standard InChI is InChI=1S/C13H17N3OS/c1-8(2)14-12(17)9(3)15-13-10-6-4-5-7-11(10)16-18-13/h4-9,15H,1-3H3,(H,14,17).